The van der Waals surface area contributed by atoms with Crippen LogP contribution in [0.15, 0.2) is 23.4 Å². The second-order valence-corrected chi connectivity index (χ2v) is 8.67. The molecule has 0 saturated carbocycles. The fourth-order valence-electron chi connectivity index (χ4n) is 1.93. The summed E-state index contributed by atoms with van der Waals surface area (Å²) in [6.45, 7) is 0.465. The van der Waals surface area contributed by atoms with Gasteiger partial charge < -0.3 is 0 Å². The summed E-state index contributed by atoms with van der Waals surface area (Å²) >= 11 is 5.88. The molecule has 0 atom stereocenters. The molecule has 1 aliphatic rings. The van der Waals surface area contributed by atoms with Gasteiger partial charge in [0.15, 0.2) is 0 Å². The highest BCUT2D eigenvalue weighted by atomic mass is 35.5. The van der Waals surface area contributed by atoms with E-state index in [-0.39, 0.29) is 36.1 Å². The van der Waals surface area contributed by atoms with Crippen molar-refractivity contribution in [1.82, 2.24) is 13.6 Å². The highest BCUT2D eigenvalue weighted by Crippen LogP contribution is 2.24. The van der Waals surface area contributed by atoms with E-state index in [1.165, 1.54) is 27.1 Å². The number of hydrogen-bond donors (Lipinski definition) is 0. The molecule has 1 aliphatic heterocycles. The summed E-state index contributed by atoms with van der Waals surface area (Å²) in [7, 11) is -7.04. The van der Waals surface area contributed by atoms with Gasteiger partial charge in [0.25, 0.3) is 0 Å². The van der Waals surface area contributed by atoms with E-state index < -0.39 is 20.0 Å². The number of pyridine rings is 1. The Morgan fingerprint density at radius 2 is 1.65 bits per heavy atom. The standard InChI is InChI=1S/C10H14ClN3O4S2/c1-19(15,16)13-4-6-14(7-5-13)20(17,18)10-8-12-3-2-9(10)11/h2-3,8H,4-7H2,1H3. The molecular weight excluding hydrogens is 326 g/mol. The van der Waals surface area contributed by atoms with Gasteiger partial charge >= 0.3 is 0 Å². The van der Waals surface area contributed by atoms with Gasteiger partial charge in [0.2, 0.25) is 20.0 Å². The van der Waals surface area contributed by atoms with E-state index in [1.54, 1.807) is 0 Å². The third kappa shape index (κ3) is 3.12. The molecule has 1 saturated heterocycles. The zero-order chi connectivity index (χ0) is 15.0. The molecule has 20 heavy (non-hydrogen) atoms. The van der Waals surface area contributed by atoms with Crippen molar-refractivity contribution in [1.29, 1.82) is 0 Å². The van der Waals surface area contributed by atoms with Crippen LogP contribution in [0, 0.1) is 0 Å². The fourth-order valence-corrected chi connectivity index (χ4v) is 4.59. The van der Waals surface area contributed by atoms with Crippen LogP contribution >= 0.6 is 11.6 Å². The minimum absolute atomic E-state index is 0.0607. The monoisotopic (exact) mass is 339 g/mol. The van der Waals surface area contributed by atoms with Crippen LogP contribution in [-0.4, -0.2) is 62.9 Å². The third-order valence-electron chi connectivity index (χ3n) is 3.02. The molecule has 0 bridgehead atoms. The van der Waals surface area contributed by atoms with Crippen LogP contribution in [0.3, 0.4) is 0 Å². The normalized spacial score (nSPS) is 19.1. The van der Waals surface area contributed by atoms with Crippen LogP contribution in [0.1, 0.15) is 0 Å². The minimum Gasteiger partial charge on any atom is -0.263 e. The van der Waals surface area contributed by atoms with Crippen molar-refractivity contribution in [3.8, 4) is 0 Å². The molecule has 1 aromatic rings. The van der Waals surface area contributed by atoms with Crippen LogP contribution in [0.2, 0.25) is 5.02 Å². The maximum Gasteiger partial charge on any atom is 0.246 e. The number of aromatic nitrogens is 1. The maximum atomic E-state index is 12.4. The molecule has 112 valence electrons. The fraction of sp³-hybridized carbons (Fsp3) is 0.500. The summed E-state index contributed by atoms with van der Waals surface area (Å²) in [6, 6.07) is 1.40. The largest absolute Gasteiger partial charge is 0.263 e. The van der Waals surface area contributed by atoms with Gasteiger partial charge in [0.05, 0.1) is 11.3 Å². The van der Waals surface area contributed by atoms with Gasteiger partial charge in [-0.1, -0.05) is 11.6 Å². The van der Waals surface area contributed by atoms with Crippen molar-refractivity contribution in [2.45, 2.75) is 4.90 Å². The average Bonchev–Trinajstić information content (AvgIpc) is 2.38. The van der Waals surface area contributed by atoms with Gasteiger partial charge in [-0.15, -0.1) is 0 Å². The topological polar surface area (TPSA) is 87.7 Å². The van der Waals surface area contributed by atoms with E-state index in [4.69, 9.17) is 11.6 Å². The first kappa shape index (κ1) is 15.6. The zero-order valence-corrected chi connectivity index (χ0v) is 13.1. The summed E-state index contributed by atoms with van der Waals surface area (Å²) in [6.07, 6.45) is 3.71. The number of halogens is 1. The molecule has 2 heterocycles. The second-order valence-electron chi connectivity index (χ2n) is 4.37. The Hall–Kier alpha value is -0.740. The highest BCUT2D eigenvalue weighted by Gasteiger charge is 2.32. The van der Waals surface area contributed by atoms with Crippen LogP contribution in [-0.2, 0) is 20.0 Å². The van der Waals surface area contributed by atoms with Crippen molar-refractivity contribution in [2.75, 3.05) is 32.4 Å². The molecule has 0 radical (unpaired) electrons. The van der Waals surface area contributed by atoms with Crippen molar-refractivity contribution in [2.24, 2.45) is 0 Å². The molecule has 1 aromatic heterocycles. The molecule has 2 rings (SSSR count). The van der Waals surface area contributed by atoms with Gasteiger partial charge in [0, 0.05) is 38.6 Å². The molecule has 0 amide bonds. The molecule has 0 aliphatic carbocycles. The molecule has 0 N–H and O–H groups in total. The maximum absolute atomic E-state index is 12.4. The third-order valence-corrected chi connectivity index (χ3v) is 6.69. The number of sulfonamides is 2. The zero-order valence-electron chi connectivity index (χ0n) is 10.7. The molecule has 0 spiro atoms. The molecule has 0 unspecified atom stereocenters. The molecule has 1 fully saturated rings. The van der Waals surface area contributed by atoms with Crippen molar-refractivity contribution in [3.63, 3.8) is 0 Å². The summed E-state index contributed by atoms with van der Waals surface area (Å²) in [5.41, 5.74) is 0. The first-order valence-corrected chi connectivity index (χ1v) is 9.44. The van der Waals surface area contributed by atoms with Crippen LogP contribution in [0.25, 0.3) is 0 Å². The molecule has 0 aromatic carbocycles. The van der Waals surface area contributed by atoms with Gasteiger partial charge in [-0.2, -0.15) is 8.61 Å². The average molecular weight is 340 g/mol. The van der Waals surface area contributed by atoms with E-state index in [0.717, 1.165) is 6.26 Å². The number of piperazine rings is 1. The minimum atomic E-state index is -3.74. The Balaban J connectivity index is 2.20. The van der Waals surface area contributed by atoms with E-state index >= 15 is 0 Å². The predicted molar refractivity (Wildman–Crippen MR) is 74.4 cm³/mol. The molecule has 7 nitrogen and oxygen atoms in total. The Labute approximate surface area is 123 Å². The molecule has 10 heteroatoms. The Morgan fingerprint density at radius 1 is 1.10 bits per heavy atom. The Kier molecular flexibility index (Phi) is 4.35. The summed E-state index contributed by atoms with van der Waals surface area (Å²) in [5.74, 6) is 0. The van der Waals surface area contributed by atoms with Gasteiger partial charge in [-0.25, -0.2) is 16.8 Å². The summed E-state index contributed by atoms with van der Waals surface area (Å²) in [4.78, 5) is 3.70. The lowest BCUT2D eigenvalue weighted by Gasteiger charge is -2.32. The lowest BCUT2D eigenvalue weighted by atomic mass is 10.4. The van der Waals surface area contributed by atoms with Gasteiger partial charge in [-0.05, 0) is 6.07 Å². The molecular formula is C10H14ClN3O4S2. The van der Waals surface area contributed by atoms with E-state index in [1.807, 2.05) is 0 Å². The first-order chi connectivity index (χ1) is 9.23. The van der Waals surface area contributed by atoms with Gasteiger partial charge in [-0.3, -0.25) is 4.98 Å². The van der Waals surface area contributed by atoms with E-state index in [2.05, 4.69) is 4.98 Å². The SMILES string of the molecule is CS(=O)(=O)N1CCN(S(=O)(=O)c2cnccc2Cl)CC1. The van der Waals surface area contributed by atoms with Gasteiger partial charge in [0.1, 0.15) is 4.90 Å². The van der Waals surface area contributed by atoms with Crippen molar-refractivity contribution >= 4 is 31.6 Å². The second kappa shape index (κ2) is 5.57. The quantitative estimate of drug-likeness (QED) is 0.773. The smallest absolute Gasteiger partial charge is 0.246 e. The lowest BCUT2D eigenvalue weighted by molar-refractivity contribution is 0.274. The summed E-state index contributed by atoms with van der Waals surface area (Å²) < 4.78 is 50.1. The highest BCUT2D eigenvalue weighted by molar-refractivity contribution is 7.89. The predicted octanol–water partition coefficient (Wildman–Crippen LogP) is 0.000900. The van der Waals surface area contributed by atoms with Crippen LogP contribution < -0.4 is 0 Å². The first-order valence-electron chi connectivity index (χ1n) is 5.78. The van der Waals surface area contributed by atoms with Crippen molar-refractivity contribution < 1.29 is 16.8 Å². The van der Waals surface area contributed by atoms with Crippen LogP contribution in [0.5, 0.6) is 0 Å². The lowest BCUT2D eigenvalue weighted by Crippen LogP contribution is -2.50. The van der Waals surface area contributed by atoms with E-state index in [0.29, 0.717) is 0 Å². The number of nitrogens with zero attached hydrogens (tertiary/aromatic N) is 3. The number of hydrogen-bond acceptors (Lipinski definition) is 5. The van der Waals surface area contributed by atoms with E-state index in [9.17, 15) is 16.8 Å². The summed E-state index contributed by atoms with van der Waals surface area (Å²) in [5, 5.41) is 0.102. The van der Waals surface area contributed by atoms with Crippen LogP contribution in [0.4, 0.5) is 0 Å². The van der Waals surface area contributed by atoms with Crippen molar-refractivity contribution in [3.05, 3.63) is 23.5 Å². The number of rotatable bonds is 3. The Morgan fingerprint density at radius 3 is 2.15 bits per heavy atom. The Bertz CT molecular complexity index is 697.